The second kappa shape index (κ2) is 5.36. The number of nitrogens with zero attached hydrogens (tertiary/aromatic N) is 1. The van der Waals surface area contributed by atoms with E-state index in [4.69, 9.17) is 10.5 Å². The summed E-state index contributed by atoms with van der Waals surface area (Å²) in [7, 11) is 1.53. The molecule has 0 aliphatic rings. The molecule has 0 saturated heterocycles. The topological polar surface area (TPSA) is 102 Å². The van der Waals surface area contributed by atoms with Crippen LogP contribution in [-0.4, -0.2) is 29.8 Å². The Balaban J connectivity index is 3.22. The van der Waals surface area contributed by atoms with Gasteiger partial charge < -0.3 is 15.8 Å². The number of hydrogen-bond acceptors (Lipinski definition) is 5. The molecule has 0 amide bonds. The summed E-state index contributed by atoms with van der Waals surface area (Å²) in [6, 6.07) is 0. The maximum atomic E-state index is 11.5. The lowest BCUT2D eigenvalue weighted by Crippen LogP contribution is -2.34. The molecule has 0 aliphatic carbocycles. The van der Waals surface area contributed by atoms with Crippen LogP contribution in [0.25, 0.3) is 0 Å². The molecule has 1 aromatic heterocycles. The lowest BCUT2D eigenvalue weighted by atomic mass is 10.4. The fourth-order valence-corrected chi connectivity index (χ4v) is 1.34. The van der Waals surface area contributed by atoms with Gasteiger partial charge >= 0.3 is 5.69 Å². The third-order valence-electron chi connectivity index (χ3n) is 2.11. The minimum Gasteiger partial charge on any atom is -0.383 e. The van der Waals surface area contributed by atoms with Crippen molar-refractivity contribution >= 4 is 11.5 Å². The largest absolute Gasteiger partial charge is 0.383 e. The summed E-state index contributed by atoms with van der Waals surface area (Å²) in [6.45, 7) is 3.04. The molecule has 0 fully saturated rings. The number of anilines is 2. The van der Waals surface area contributed by atoms with E-state index in [2.05, 4.69) is 10.3 Å². The number of aromatic nitrogens is 2. The minimum absolute atomic E-state index is 0.132. The first kappa shape index (κ1) is 12.3. The summed E-state index contributed by atoms with van der Waals surface area (Å²) in [5.41, 5.74) is 4.93. The molecule has 7 heteroatoms. The number of hydrogen-bond donors (Lipinski definition) is 3. The summed E-state index contributed by atoms with van der Waals surface area (Å²) in [5, 5.41) is 2.82. The second-order valence-electron chi connectivity index (χ2n) is 3.19. The SMILES string of the molecule is CCNc1c(N)n(CCOC)c(=O)[nH]c1=O. The van der Waals surface area contributed by atoms with Crippen LogP contribution in [-0.2, 0) is 11.3 Å². The van der Waals surface area contributed by atoms with Crippen LogP contribution in [0.2, 0.25) is 0 Å². The van der Waals surface area contributed by atoms with Gasteiger partial charge in [0.15, 0.2) is 0 Å². The van der Waals surface area contributed by atoms with Gasteiger partial charge in [0, 0.05) is 13.7 Å². The Bertz CT molecular complexity index is 463. The van der Waals surface area contributed by atoms with Crippen molar-refractivity contribution in [2.75, 3.05) is 31.3 Å². The van der Waals surface area contributed by atoms with Crippen molar-refractivity contribution in [1.82, 2.24) is 9.55 Å². The highest BCUT2D eigenvalue weighted by molar-refractivity contribution is 5.60. The van der Waals surface area contributed by atoms with Gasteiger partial charge in [-0.1, -0.05) is 0 Å². The first-order valence-corrected chi connectivity index (χ1v) is 4.97. The molecule has 0 spiro atoms. The van der Waals surface area contributed by atoms with E-state index in [1.54, 1.807) is 0 Å². The smallest absolute Gasteiger partial charge is 0.330 e. The molecule has 90 valence electrons. The number of nitrogens with two attached hydrogens (primary N) is 1. The van der Waals surface area contributed by atoms with Crippen molar-refractivity contribution in [2.24, 2.45) is 0 Å². The zero-order valence-corrected chi connectivity index (χ0v) is 9.37. The Morgan fingerprint density at radius 1 is 1.50 bits per heavy atom. The minimum atomic E-state index is -0.527. The molecule has 4 N–H and O–H groups in total. The van der Waals surface area contributed by atoms with E-state index in [9.17, 15) is 9.59 Å². The third kappa shape index (κ3) is 2.43. The molecule has 0 aromatic carbocycles. The van der Waals surface area contributed by atoms with Crippen molar-refractivity contribution in [1.29, 1.82) is 0 Å². The standard InChI is InChI=1S/C9H16N4O3/c1-3-11-6-7(10)13(4-5-16-2)9(15)12-8(6)14/h11H,3-5,10H2,1-2H3,(H,12,14,15). The zero-order chi connectivity index (χ0) is 12.1. The van der Waals surface area contributed by atoms with Crippen LogP contribution >= 0.6 is 0 Å². The Morgan fingerprint density at radius 3 is 2.75 bits per heavy atom. The lowest BCUT2D eigenvalue weighted by Gasteiger charge is -2.12. The number of methoxy groups -OCH3 is 1. The van der Waals surface area contributed by atoms with Crippen molar-refractivity contribution in [3.8, 4) is 0 Å². The van der Waals surface area contributed by atoms with E-state index in [1.165, 1.54) is 11.7 Å². The van der Waals surface area contributed by atoms with E-state index >= 15 is 0 Å². The zero-order valence-electron chi connectivity index (χ0n) is 9.37. The monoisotopic (exact) mass is 228 g/mol. The Kier molecular flexibility index (Phi) is 4.12. The van der Waals surface area contributed by atoms with E-state index in [0.717, 1.165) is 0 Å². The first-order valence-electron chi connectivity index (χ1n) is 4.97. The first-order chi connectivity index (χ1) is 7.61. The number of nitrogens with one attached hydrogen (secondary N) is 2. The average molecular weight is 228 g/mol. The van der Waals surface area contributed by atoms with Gasteiger partial charge in [0.25, 0.3) is 5.56 Å². The Morgan fingerprint density at radius 2 is 2.19 bits per heavy atom. The van der Waals surface area contributed by atoms with Crippen LogP contribution in [0.15, 0.2) is 9.59 Å². The van der Waals surface area contributed by atoms with Crippen LogP contribution in [0.4, 0.5) is 11.5 Å². The molecule has 0 aliphatic heterocycles. The van der Waals surface area contributed by atoms with Crippen LogP contribution in [0, 0.1) is 0 Å². The quantitative estimate of drug-likeness (QED) is 0.612. The predicted molar refractivity (Wildman–Crippen MR) is 61.8 cm³/mol. The Hall–Kier alpha value is -1.76. The summed E-state index contributed by atoms with van der Waals surface area (Å²) >= 11 is 0. The van der Waals surface area contributed by atoms with Gasteiger partial charge in [-0.05, 0) is 6.92 Å². The van der Waals surface area contributed by atoms with Crippen molar-refractivity contribution < 1.29 is 4.74 Å². The van der Waals surface area contributed by atoms with E-state index in [0.29, 0.717) is 19.7 Å². The third-order valence-corrected chi connectivity index (χ3v) is 2.11. The van der Waals surface area contributed by atoms with E-state index in [1.807, 2.05) is 6.92 Å². The van der Waals surface area contributed by atoms with Crippen molar-refractivity contribution in [3.63, 3.8) is 0 Å². The fourth-order valence-electron chi connectivity index (χ4n) is 1.34. The summed E-state index contributed by atoms with van der Waals surface area (Å²) in [6.07, 6.45) is 0. The van der Waals surface area contributed by atoms with Gasteiger partial charge in [0.05, 0.1) is 13.2 Å². The molecule has 1 aromatic rings. The normalized spacial score (nSPS) is 10.4. The lowest BCUT2D eigenvalue weighted by molar-refractivity contribution is 0.186. The molecular weight excluding hydrogens is 212 g/mol. The highest BCUT2D eigenvalue weighted by Crippen LogP contribution is 2.08. The molecule has 0 bridgehead atoms. The summed E-state index contributed by atoms with van der Waals surface area (Å²) < 4.78 is 6.12. The van der Waals surface area contributed by atoms with Crippen LogP contribution in [0.3, 0.4) is 0 Å². The number of ether oxygens (including phenoxy) is 1. The molecule has 1 heterocycles. The molecule has 1 rings (SSSR count). The maximum Gasteiger partial charge on any atom is 0.330 e. The fraction of sp³-hybridized carbons (Fsp3) is 0.556. The van der Waals surface area contributed by atoms with Gasteiger partial charge in [-0.15, -0.1) is 0 Å². The van der Waals surface area contributed by atoms with Gasteiger partial charge in [-0.2, -0.15) is 0 Å². The van der Waals surface area contributed by atoms with E-state index < -0.39 is 11.2 Å². The van der Waals surface area contributed by atoms with Crippen LogP contribution in [0.5, 0.6) is 0 Å². The van der Waals surface area contributed by atoms with Crippen molar-refractivity contribution in [3.05, 3.63) is 20.8 Å². The number of rotatable bonds is 5. The molecule has 0 atom stereocenters. The summed E-state index contributed by atoms with van der Waals surface area (Å²) in [5.74, 6) is 0.132. The molecule has 0 saturated carbocycles. The van der Waals surface area contributed by atoms with Crippen LogP contribution in [0.1, 0.15) is 6.92 Å². The molecule has 16 heavy (non-hydrogen) atoms. The van der Waals surface area contributed by atoms with Crippen molar-refractivity contribution in [2.45, 2.75) is 13.5 Å². The Labute approximate surface area is 92.2 Å². The van der Waals surface area contributed by atoms with Gasteiger partial charge in [0.1, 0.15) is 11.5 Å². The van der Waals surface area contributed by atoms with Gasteiger partial charge in [0.2, 0.25) is 0 Å². The maximum absolute atomic E-state index is 11.5. The average Bonchev–Trinajstić information content (AvgIpc) is 2.24. The molecular formula is C9H16N4O3. The van der Waals surface area contributed by atoms with Crippen LogP contribution < -0.4 is 22.3 Å². The second-order valence-corrected chi connectivity index (χ2v) is 3.19. The predicted octanol–water partition coefficient (Wildman–Crippen LogP) is -0.803. The highest BCUT2D eigenvalue weighted by atomic mass is 16.5. The molecule has 0 unspecified atom stereocenters. The van der Waals surface area contributed by atoms with Gasteiger partial charge in [-0.25, -0.2) is 4.79 Å². The molecule has 0 radical (unpaired) electrons. The number of H-pyrrole nitrogens is 1. The van der Waals surface area contributed by atoms with Gasteiger partial charge in [-0.3, -0.25) is 14.3 Å². The number of nitrogen functional groups attached to an aromatic ring is 1. The number of aromatic amines is 1. The highest BCUT2D eigenvalue weighted by Gasteiger charge is 2.10. The molecule has 7 nitrogen and oxygen atoms in total. The summed E-state index contributed by atoms with van der Waals surface area (Å²) in [4.78, 5) is 25.1. The van der Waals surface area contributed by atoms with E-state index in [-0.39, 0.29) is 11.5 Å².